The summed E-state index contributed by atoms with van der Waals surface area (Å²) in [4.78, 5) is 29.5. The predicted molar refractivity (Wildman–Crippen MR) is 168 cm³/mol. The molecular formula is C33H40ClN3O4S. The van der Waals surface area contributed by atoms with Gasteiger partial charge in [-0.25, -0.2) is 8.42 Å². The van der Waals surface area contributed by atoms with Crippen LogP contribution in [0.15, 0.2) is 77.7 Å². The van der Waals surface area contributed by atoms with Crippen molar-refractivity contribution in [3.05, 3.63) is 94.5 Å². The predicted octanol–water partition coefficient (Wildman–Crippen LogP) is 6.41. The van der Waals surface area contributed by atoms with Gasteiger partial charge in [0, 0.05) is 17.6 Å². The summed E-state index contributed by atoms with van der Waals surface area (Å²) in [5.41, 5.74) is 2.72. The average molecular weight is 610 g/mol. The Morgan fingerprint density at radius 2 is 1.57 bits per heavy atom. The van der Waals surface area contributed by atoms with Gasteiger partial charge in [-0.15, -0.1) is 0 Å². The van der Waals surface area contributed by atoms with E-state index in [0.29, 0.717) is 28.3 Å². The van der Waals surface area contributed by atoms with E-state index in [-0.39, 0.29) is 23.4 Å². The molecule has 2 amide bonds. The lowest BCUT2D eigenvalue weighted by Gasteiger charge is -2.35. The van der Waals surface area contributed by atoms with Crippen LogP contribution in [0.1, 0.15) is 62.1 Å². The fourth-order valence-corrected chi connectivity index (χ4v) is 7.14. The standard InChI is InChI=1S/C33H40ClN3O4S/c1-4-30(33(39)35-27-14-6-5-7-15-27)36(22-26-13-9-10-16-29(26)34)32(38)23-37(31-17-11-8-12-25(31)3)42(40,41)28-20-18-24(2)19-21-28/h8-13,16-21,27,30H,4-7,14-15,22-23H2,1-3H3,(H,35,39)/t30-/m0/s1. The summed E-state index contributed by atoms with van der Waals surface area (Å²) in [6.07, 6.45) is 5.47. The van der Waals surface area contributed by atoms with E-state index in [0.717, 1.165) is 42.0 Å². The maximum absolute atomic E-state index is 14.3. The molecule has 0 spiro atoms. The summed E-state index contributed by atoms with van der Waals surface area (Å²) in [5.74, 6) is -0.715. The van der Waals surface area contributed by atoms with Crippen molar-refractivity contribution in [3.8, 4) is 0 Å². The van der Waals surface area contributed by atoms with Crippen molar-refractivity contribution in [2.45, 2.75) is 82.8 Å². The summed E-state index contributed by atoms with van der Waals surface area (Å²) in [6, 6.07) is 20.1. The second kappa shape index (κ2) is 14.2. The van der Waals surface area contributed by atoms with Gasteiger partial charge in [-0.2, -0.15) is 0 Å². The molecule has 1 aliphatic carbocycles. The molecule has 9 heteroatoms. The zero-order chi connectivity index (χ0) is 30.3. The minimum atomic E-state index is -4.12. The van der Waals surface area contributed by atoms with Gasteiger partial charge in [0.15, 0.2) is 0 Å². The fourth-order valence-electron chi connectivity index (χ4n) is 5.47. The molecule has 1 atom stereocenters. The number of carbonyl (C=O) groups excluding carboxylic acids is 2. The van der Waals surface area contributed by atoms with Gasteiger partial charge in [0.05, 0.1) is 10.6 Å². The Kier molecular flexibility index (Phi) is 10.7. The maximum Gasteiger partial charge on any atom is 0.264 e. The number of nitrogens with zero attached hydrogens (tertiary/aromatic N) is 2. The van der Waals surface area contributed by atoms with Gasteiger partial charge in [0.2, 0.25) is 11.8 Å². The van der Waals surface area contributed by atoms with Crippen molar-refractivity contribution in [3.63, 3.8) is 0 Å². The van der Waals surface area contributed by atoms with E-state index in [4.69, 9.17) is 11.6 Å². The number of nitrogens with one attached hydrogen (secondary N) is 1. The van der Waals surface area contributed by atoms with Crippen LogP contribution in [0.5, 0.6) is 0 Å². The first-order chi connectivity index (χ1) is 20.1. The number of para-hydroxylation sites is 1. The molecule has 4 rings (SSSR count). The van der Waals surface area contributed by atoms with Gasteiger partial charge in [0.1, 0.15) is 12.6 Å². The van der Waals surface area contributed by atoms with E-state index < -0.39 is 28.5 Å². The van der Waals surface area contributed by atoms with Crippen LogP contribution in [0.2, 0.25) is 5.02 Å². The lowest BCUT2D eigenvalue weighted by molar-refractivity contribution is -0.140. The van der Waals surface area contributed by atoms with Crippen molar-refractivity contribution < 1.29 is 18.0 Å². The fraction of sp³-hybridized carbons (Fsp3) is 0.394. The van der Waals surface area contributed by atoms with Crippen molar-refractivity contribution in [2.75, 3.05) is 10.8 Å². The van der Waals surface area contributed by atoms with E-state index in [2.05, 4.69) is 5.32 Å². The number of benzene rings is 3. The molecule has 1 fully saturated rings. The molecule has 224 valence electrons. The molecule has 0 aliphatic heterocycles. The number of hydrogen-bond donors (Lipinski definition) is 1. The van der Waals surface area contributed by atoms with Crippen LogP contribution in [-0.2, 0) is 26.2 Å². The van der Waals surface area contributed by atoms with Gasteiger partial charge >= 0.3 is 0 Å². The number of amides is 2. The maximum atomic E-state index is 14.3. The molecule has 0 heterocycles. The largest absolute Gasteiger partial charge is 0.352 e. The summed E-state index contributed by atoms with van der Waals surface area (Å²) in [5, 5.41) is 3.64. The molecule has 0 saturated heterocycles. The number of rotatable bonds is 11. The molecule has 3 aromatic rings. The number of aryl methyl sites for hydroxylation is 2. The number of anilines is 1. The Hall–Kier alpha value is -3.36. The zero-order valence-corrected chi connectivity index (χ0v) is 26.1. The van der Waals surface area contributed by atoms with Crippen molar-refractivity contribution in [1.29, 1.82) is 0 Å². The van der Waals surface area contributed by atoms with Crippen LogP contribution in [-0.4, -0.2) is 43.8 Å². The molecule has 0 bridgehead atoms. The second-order valence-electron chi connectivity index (χ2n) is 11.0. The molecule has 0 aromatic heterocycles. The van der Waals surface area contributed by atoms with Crippen LogP contribution in [0.25, 0.3) is 0 Å². The number of halogens is 1. The van der Waals surface area contributed by atoms with Gasteiger partial charge in [-0.1, -0.05) is 91.9 Å². The summed E-state index contributed by atoms with van der Waals surface area (Å²) >= 11 is 6.50. The zero-order valence-electron chi connectivity index (χ0n) is 24.6. The number of hydrogen-bond acceptors (Lipinski definition) is 4. The molecule has 0 unspecified atom stereocenters. The van der Waals surface area contributed by atoms with Crippen molar-refractivity contribution >= 4 is 39.1 Å². The van der Waals surface area contributed by atoms with Crippen LogP contribution < -0.4 is 9.62 Å². The van der Waals surface area contributed by atoms with Gasteiger partial charge in [-0.05, 0) is 68.5 Å². The lowest BCUT2D eigenvalue weighted by atomic mass is 9.95. The summed E-state index contributed by atoms with van der Waals surface area (Å²) < 4.78 is 29.3. The normalized spacial score (nSPS) is 14.7. The third-order valence-corrected chi connectivity index (χ3v) is 10.1. The van der Waals surface area contributed by atoms with Crippen LogP contribution in [0, 0.1) is 13.8 Å². The smallest absolute Gasteiger partial charge is 0.264 e. The quantitative estimate of drug-likeness (QED) is 0.272. The lowest BCUT2D eigenvalue weighted by Crippen LogP contribution is -2.54. The monoisotopic (exact) mass is 609 g/mol. The van der Waals surface area contributed by atoms with E-state index in [1.54, 1.807) is 48.5 Å². The first kappa shape index (κ1) is 31.6. The van der Waals surface area contributed by atoms with E-state index in [9.17, 15) is 18.0 Å². The topological polar surface area (TPSA) is 86.8 Å². The Balaban J connectivity index is 1.72. The van der Waals surface area contributed by atoms with Crippen molar-refractivity contribution in [1.82, 2.24) is 10.2 Å². The average Bonchev–Trinajstić information content (AvgIpc) is 2.98. The Labute approximate surface area is 254 Å². The molecular weight excluding hydrogens is 570 g/mol. The van der Waals surface area contributed by atoms with E-state index in [1.165, 1.54) is 4.90 Å². The second-order valence-corrected chi connectivity index (χ2v) is 13.3. The summed E-state index contributed by atoms with van der Waals surface area (Å²) in [6.45, 7) is 5.15. The highest BCUT2D eigenvalue weighted by molar-refractivity contribution is 7.92. The molecule has 3 aromatic carbocycles. The first-order valence-corrected chi connectivity index (χ1v) is 16.4. The Morgan fingerprint density at radius 1 is 0.929 bits per heavy atom. The highest BCUT2D eigenvalue weighted by atomic mass is 35.5. The van der Waals surface area contributed by atoms with E-state index >= 15 is 0 Å². The Bertz CT molecular complexity index is 1490. The molecule has 1 N–H and O–H groups in total. The van der Waals surface area contributed by atoms with Crippen LogP contribution in [0.3, 0.4) is 0 Å². The highest BCUT2D eigenvalue weighted by Crippen LogP contribution is 2.28. The molecule has 42 heavy (non-hydrogen) atoms. The van der Waals surface area contributed by atoms with Gasteiger partial charge in [0.25, 0.3) is 10.0 Å². The van der Waals surface area contributed by atoms with Crippen LogP contribution >= 0.6 is 11.6 Å². The highest BCUT2D eigenvalue weighted by Gasteiger charge is 2.35. The Morgan fingerprint density at radius 3 is 2.21 bits per heavy atom. The summed E-state index contributed by atoms with van der Waals surface area (Å²) in [7, 11) is -4.12. The number of carbonyl (C=O) groups is 2. The molecule has 1 aliphatic rings. The van der Waals surface area contributed by atoms with Gasteiger partial charge < -0.3 is 10.2 Å². The third kappa shape index (κ3) is 7.53. The van der Waals surface area contributed by atoms with E-state index in [1.807, 2.05) is 45.0 Å². The number of sulfonamides is 1. The first-order valence-electron chi connectivity index (χ1n) is 14.6. The SMILES string of the molecule is CC[C@@H](C(=O)NC1CCCCC1)N(Cc1ccccc1Cl)C(=O)CN(c1ccccc1C)S(=O)(=O)c1ccc(C)cc1. The third-order valence-electron chi connectivity index (χ3n) is 7.91. The molecule has 1 saturated carbocycles. The minimum Gasteiger partial charge on any atom is -0.352 e. The van der Waals surface area contributed by atoms with Crippen LogP contribution in [0.4, 0.5) is 5.69 Å². The molecule has 0 radical (unpaired) electrons. The van der Waals surface area contributed by atoms with Gasteiger partial charge in [-0.3, -0.25) is 13.9 Å². The molecule has 7 nitrogen and oxygen atoms in total. The minimum absolute atomic E-state index is 0.0707. The van der Waals surface area contributed by atoms with Crippen molar-refractivity contribution in [2.24, 2.45) is 0 Å².